The van der Waals surface area contributed by atoms with E-state index in [0.29, 0.717) is 4.75 Å². The van der Waals surface area contributed by atoms with Gasteiger partial charge in [-0.05, 0) is 50.8 Å². The van der Waals surface area contributed by atoms with Crippen LogP contribution in [0.25, 0.3) is 0 Å². The predicted molar refractivity (Wildman–Crippen MR) is 74.1 cm³/mol. The third-order valence-corrected chi connectivity index (χ3v) is 6.06. The molecular weight excluding hydrogens is 214 g/mol. The molecule has 0 bridgehead atoms. The lowest BCUT2D eigenvalue weighted by Gasteiger charge is -2.41. The topological polar surface area (TPSA) is 12.0 Å². The highest BCUT2D eigenvalue weighted by atomic mass is 32.2. The molecule has 1 aliphatic heterocycles. The minimum absolute atomic E-state index is 0.526. The fourth-order valence-corrected chi connectivity index (χ4v) is 5.11. The van der Waals surface area contributed by atoms with Crippen molar-refractivity contribution in [2.45, 2.75) is 69.6 Å². The number of hydrogen-bond acceptors (Lipinski definition) is 2. The van der Waals surface area contributed by atoms with Crippen molar-refractivity contribution in [2.75, 3.05) is 12.3 Å². The average molecular weight is 241 g/mol. The van der Waals surface area contributed by atoms with Crippen LogP contribution >= 0.6 is 11.8 Å². The van der Waals surface area contributed by atoms with Crippen LogP contribution in [0.4, 0.5) is 0 Å². The monoisotopic (exact) mass is 241 g/mol. The third-order valence-electron chi connectivity index (χ3n) is 4.45. The highest BCUT2D eigenvalue weighted by Crippen LogP contribution is 2.45. The van der Waals surface area contributed by atoms with E-state index in [1.807, 2.05) is 0 Å². The molecule has 1 saturated carbocycles. The molecule has 1 heterocycles. The zero-order valence-electron chi connectivity index (χ0n) is 10.9. The Kier molecular flexibility index (Phi) is 4.60. The summed E-state index contributed by atoms with van der Waals surface area (Å²) < 4.78 is 0.526. The fourth-order valence-electron chi connectivity index (χ4n) is 3.61. The molecule has 0 spiro atoms. The van der Waals surface area contributed by atoms with Crippen LogP contribution in [0.2, 0.25) is 0 Å². The summed E-state index contributed by atoms with van der Waals surface area (Å²) in [6.45, 7) is 5.91. The van der Waals surface area contributed by atoms with Gasteiger partial charge < -0.3 is 5.32 Å². The van der Waals surface area contributed by atoms with E-state index >= 15 is 0 Å². The van der Waals surface area contributed by atoms with Gasteiger partial charge in [0.05, 0.1) is 0 Å². The number of thioether (sulfide) groups is 1. The first-order chi connectivity index (χ1) is 7.76. The highest BCUT2D eigenvalue weighted by Gasteiger charge is 2.41. The summed E-state index contributed by atoms with van der Waals surface area (Å²) in [6, 6.07) is 0.769. The maximum absolute atomic E-state index is 3.81. The van der Waals surface area contributed by atoms with E-state index in [0.717, 1.165) is 18.5 Å². The van der Waals surface area contributed by atoms with Crippen LogP contribution in [-0.4, -0.2) is 23.1 Å². The van der Waals surface area contributed by atoms with Gasteiger partial charge in [-0.3, -0.25) is 0 Å². The van der Waals surface area contributed by atoms with Crippen molar-refractivity contribution in [1.29, 1.82) is 0 Å². The van der Waals surface area contributed by atoms with Crippen molar-refractivity contribution in [3.8, 4) is 0 Å². The molecular formula is C14H27NS. The van der Waals surface area contributed by atoms with Crippen LogP contribution in [0.3, 0.4) is 0 Å². The molecule has 16 heavy (non-hydrogen) atoms. The second kappa shape index (κ2) is 5.77. The van der Waals surface area contributed by atoms with E-state index in [4.69, 9.17) is 0 Å². The van der Waals surface area contributed by atoms with Gasteiger partial charge >= 0.3 is 0 Å². The first-order valence-corrected chi connectivity index (χ1v) is 8.12. The summed E-state index contributed by atoms with van der Waals surface area (Å²) in [6.07, 6.45) is 10.2. The lowest BCUT2D eigenvalue weighted by molar-refractivity contribution is 0.231. The van der Waals surface area contributed by atoms with E-state index in [-0.39, 0.29) is 0 Å². The fraction of sp³-hybridized carbons (Fsp3) is 1.00. The van der Waals surface area contributed by atoms with Crippen LogP contribution in [0.5, 0.6) is 0 Å². The number of hydrogen-bond donors (Lipinski definition) is 1. The molecule has 1 aliphatic carbocycles. The molecule has 0 amide bonds. The molecule has 2 fully saturated rings. The Morgan fingerprint density at radius 1 is 1.25 bits per heavy atom. The molecule has 1 N–H and O–H groups in total. The Morgan fingerprint density at radius 3 is 2.56 bits per heavy atom. The SMILES string of the molecule is CCNC(C1CCCCC1)C1(C)CCCS1. The van der Waals surface area contributed by atoms with E-state index in [2.05, 4.69) is 30.9 Å². The molecule has 0 aromatic carbocycles. The highest BCUT2D eigenvalue weighted by molar-refractivity contribution is 8.00. The Balaban J connectivity index is 2.02. The summed E-state index contributed by atoms with van der Waals surface area (Å²) in [5.74, 6) is 2.33. The van der Waals surface area contributed by atoms with Crippen LogP contribution in [-0.2, 0) is 0 Å². The first kappa shape index (κ1) is 12.8. The molecule has 2 atom stereocenters. The molecule has 0 aromatic rings. The van der Waals surface area contributed by atoms with Gasteiger partial charge in [0.25, 0.3) is 0 Å². The van der Waals surface area contributed by atoms with Gasteiger partial charge in [0.2, 0.25) is 0 Å². The summed E-state index contributed by atoms with van der Waals surface area (Å²) in [5.41, 5.74) is 0. The Bertz CT molecular complexity index is 205. The van der Waals surface area contributed by atoms with Gasteiger partial charge in [0.15, 0.2) is 0 Å². The average Bonchev–Trinajstić information content (AvgIpc) is 2.75. The van der Waals surface area contributed by atoms with Crippen LogP contribution in [0.15, 0.2) is 0 Å². The summed E-state index contributed by atoms with van der Waals surface area (Å²) >= 11 is 2.22. The number of rotatable bonds is 4. The molecule has 2 aliphatic rings. The van der Waals surface area contributed by atoms with Crippen molar-refractivity contribution >= 4 is 11.8 Å². The van der Waals surface area contributed by atoms with E-state index in [1.165, 1.54) is 50.7 Å². The molecule has 0 aromatic heterocycles. The molecule has 2 rings (SSSR count). The van der Waals surface area contributed by atoms with Gasteiger partial charge in [-0.15, -0.1) is 0 Å². The lowest BCUT2D eigenvalue weighted by atomic mass is 9.77. The molecule has 0 radical (unpaired) electrons. The van der Waals surface area contributed by atoms with E-state index in [9.17, 15) is 0 Å². The minimum Gasteiger partial charge on any atom is -0.313 e. The second-order valence-corrected chi connectivity index (χ2v) is 7.33. The van der Waals surface area contributed by atoms with Gasteiger partial charge in [-0.2, -0.15) is 11.8 Å². The van der Waals surface area contributed by atoms with Gasteiger partial charge in [-0.1, -0.05) is 26.2 Å². The van der Waals surface area contributed by atoms with Crippen LogP contribution in [0.1, 0.15) is 58.8 Å². The van der Waals surface area contributed by atoms with Gasteiger partial charge in [0, 0.05) is 10.8 Å². The largest absolute Gasteiger partial charge is 0.313 e. The summed E-state index contributed by atoms with van der Waals surface area (Å²) in [7, 11) is 0. The van der Waals surface area contributed by atoms with Crippen molar-refractivity contribution in [3.05, 3.63) is 0 Å². The molecule has 1 saturated heterocycles. The molecule has 94 valence electrons. The zero-order chi connectivity index (χ0) is 11.4. The first-order valence-electron chi connectivity index (χ1n) is 7.13. The van der Waals surface area contributed by atoms with Crippen LogP contribution in [0, 0.1) is 5.92 Å². The smallest absolute Gasteiger partial charge is 0.0287 e. The minimum atomic E-state index is 0.526. The van der Waals surface area contributed by atoms with Crippen LogP contribution < -0.4 is 5.32 Å². The van der Waals surface area contributed by atoms with Crippen molar-refractivity contribution in [3.63, 3.8) is 0 Å². The van der Waals surface area contributed by atoms with Gasteiger partial charge in [-0.25, -0.2) is 0 Å². The Labute approximate surface area is 105 Å². The maximum Gasteiger partial charge on any atom is 0.0287 e. The molecule has 2 unspecified atom stereocenters. The quantitative estimate of drug-likeness (QED) is 0.803. The maximum atomic E-state index is 3.81. The second-order valence-electron chi connectivity index (χ2n) is 5.70. The molecule has 2 heteroatoms. The molecule has 1 nitrogen and oxygen atoms in total. The third kappa shape index (κ3) is 2.76. The van der Waals surface area contributed by atoms with Crippen molar-refractivity contribution in [1.82, 2.24) is 5.32 Å². The predicted octanol–water partition coefficient (Wildman–Crippen LogP) is 3.83. The summed E-state index contributed by atoms with van der Waals surface area (Å²) in [4.78, 5) is 0. The number of nitrogens with one attached hydrogen (secondary N) is 1. The van der Waals surface area contributed by atoms with Crippen molar-refractivity contribution < 1.29 is 0 Å². The Morgan fingerprint density at radius 2 is 2.00 bits per heavy atom. The van der Waals surface area contributed by atoms with Gasteiger partial charge in [0.1, 0.15) is 0 Å². The normalized spacial score (nSPS) is 34.1. The Hall–Kier alpha value is 0.310. The zero-order valence-corrected chi connectivity index (χ0v) is 11.7. The lowest BCUT2D eigenvalue weighted by Crippen LogP contribution is -2.50. The van der Waals surface area contributed by atoms with E-state index < -0.39 is 0 Å². The standard InChI is InChI=1S/C14H27NS/c1-3-15-13(12-8-5-4-6-9-12)14(2)10-7-11-16-14/h12-13,15H,3-11H2,1-2H3. The van der Waals surface area contributed by atoms with E-state index in [1.54, 1.807) is 0 Å². The van der Waals surface area contributed by atoms with Crippen molar-refractivity contribution in [2.24, 2.45) is 5.92 Å². The summed E-state index contributed by atoms with van der Waals surface area (Å²) in [5, 5.41) is 3.81.